The molecule has 1 aromatic rings. The van der Waals surface area contributed by atoms with Crippen LogP contribution in [0.2, 0.25) is 5.02 Å². The molecule has 136 valence electrons. The van der Waals surface area contributed by atoms with Gasteiger partial charge in [-0.25, -0.2) is 0 Å². The van der Waals surface area contributed by atoms with Crippen molar-refractivity contribution in [3.8, 4) is 0 Å². The summed E-state index contributed by atoms with van der Waals surface area (Å²) in [5.41, 5.74) is 1.13. The molecule has 0 amide bonds. The van der Waals surface area contributed by atoms with Crippen LogP contribution >= 0.6 is 11.6 Å². The highest BCUT2D eigenvalue weighted by molar-refractivity contribution is 6.31. The van der Waals surface area contributed by atoms with Crippen LogP contribution in [0, 0.1) is 0 Å². The molecule has 2 atom stereocenters. The number of nitrogens with one attached hydrogen (secondary N) is 2. The molecule has 0 aliphatic carbocycles. The second-order valence-electron chi connectivity index (χ2n) is 5.71. The van der Waals surface area contributed by atoms with Gasteiger partial charge in [0.1, 0.15) is 0 Å². The van der Waals surface area contributed by atoms with Crippen molar-refractivity contribution < 1.29 is 4.74 Å². The van der Waals surface area contributed by atoms with Crippen molar-refractivity contribution in [2.45, 2.75) is 32.9 Å². The average molecular weight is 355 g/mol. The van der Waals surface area contributed by atoms with Crippen LogP contribution in [0.5, 0.6) is 0 Å². The number of guanidine groups is 1. The summed E-state index contributed by atoms with van der Waals surface area (Å²) < 4.78 is 5.16. The largest absolute Gasteiger partial charge is 0.383 e. The van der Waals surface area contributed by atoms with Crippen molar-refractivity contribution in [3.05, 3.63) is 34.9 Å². The predicted octanol–water partition coefficient (Wildman–Crippen LogP) is 2.92. The molecule has 1 rings (SSSR count). The lowest BCUT2D eigenvalue weighted by molar-refractivity contribution is 0.178. The molecular formula is C18H31ClN4O. The van der Waals surface area contributed by atoms with Crippen molar-refractivity contribution in [3.63, 3.8) is 0 Å². The van der Waals surface area contributed by atoms with E-state index in [-0.39, 0.29) is 12.1 Å². The summed E-state index contributed by atoms with van der Waals surface area (Å²) in [5, 5.41) is 7.54. The predicted molar refractivity (Wildman–Crippen MR) is 103 cm³/mol. The zero-order chi connectivity index (χ0) is 17.9. The number of nitrogens with zero attached hydrogens (tertiary/aromatic N) is 2. The average Bonchev–Trinajstić information content (AvgIpc) is 2.58. The standard InChI is InChI=1S/C18H31ClN4O/c1-6-23(7-2)17(15-10-8-9-11-16(15)19)12-21-18(20-4)22-14(3)13-24-5/h8-11,14,17H,6-7,12-13H2,1-5H3,(H2,20,21,22). The summed E-state index contributed by atoms with van der Waals surface area (Å²) in [7, 11) is 3.47. The van der Waals surface area contributed by atoms with Crippen molar-refractivity contribution >= 4 is 17.6 Å². The minimum Gasteiger partial charge on any atom is -0.383 e. The molecular weight excluding hydrogens is 324 g/mol. The van der Waals surface area contributed by atoms with Gasteiger partial charge in [-0.05, 0) is 31.6 Å². The van der Waals surface area contributed by atoms with Crippen molar-refractivity contribution in [1.82, 2.24) is 15.5 Å². The van der Waals surface area contributed by atoms with Crippen LogP contribution in [0.15, 0.2) is 29.3 Å². The number of aliphatic imine (C=N–C) groups is 1. The van der Waals surface area contributed by atoms with Gasteiger partial charge in [0.05, 0.1) is 12.6 Å². The molecule has 0 saturated heterocycles. The second kappa shape index (κ2) is 11.3. The molecule has 2 unspecified atom stereocenters. The number of likely N-dealkylation sites (N-methyl/N-ethyl adjacent to an activating group) is 1. The van der Waals surface area contributed by atoms with Gasteiger partial charge in [-0.2, -0.15) is 0 Å². The number of methoxy groups -OCH3 is 1. The first-order valence-corrected chi connectivity index (χ1v) is 8.89. The maximum atomic E-state index is 6.43. The van der Waals surface area contributed by atoms with Gasteiger partial charge in [0.15, 0.2) is 5.96 Å². The Morgan fingerprint density at radius 1 is 1.29 bits per heavy atom. The lowest BCUT2D eigenvalue weighted by Crippen LogP contribution is -2.47. The lowest BCUT2D eigenvalue weighted by Gasteiger charge is -2.31. The Bertz CT molecular complexity index is 506. The molecule has 0 aliphatic rings. The van der Waals surface area contributed by atoms with Crippen molar-refractivity contribution in [1.29, 1.82) is 0 Å². The van der Waals surface area contributed by atoms with Crippen LogP contribution in [-0.2, 0) is 4.74 Å². The topological polar surface area (TPSA) is 48.9 Å². The Kier molecular flexibility index (Phi) is 9.76. The lowest BCUT2D eigenvalue weighted by atomic mass is 10.0. The summed E-state index contributed by atoms with van der Waals surface area (Å²) in [4.78, 5) is 6.69. The summed E-state index contributed by atoms with van der Waals surface area (Å²) in [6.07, 6.45) is 0. The van der Waals surface area contributed by atoms with Gasteiger partial charge in [-0.3, -0.25) is 9.89 Å². The van der Waals surface area contributed by atoms with E-state index in [1.54, 1.807) is 14.2 Å². The van der Waals surface area contributed by atoms with E-state index >= 15 is 0 Å². The molecule has 1 aromatic carbocycles. The summed E-state index contributed by atoms with van der Waals surface area (Å²) in [5.74, 6) is 0.767. The van der Waals surface area contributed by atoms with Gasteiger partial charge >= 0.3 is 0 Å². The minimum absolute atomic E-state index is 0.185. The number of benzene rings is 1. The minimum atomic E-state index is 0.185. The van der Waals surface area contributed by atoms with Crippen LogP contribution in [0.1, 0.15) is 32.4 Å². The normalized spacial score (nSPS) is 14.5. The van der Waals surface area contributed by atoms with Gasteiger partial charge in [0.25, 0.3) is 0 Å². The molecule has 0 fully saturated rings. The molecule has 0 bridgehead atoms. The van der Waals surface area contributed by atoms with Gasteiger partial charge in [0.2, 0.25) is 0 Å². The number of hydrogen-bond acceptors (Lipinski definition) is 3. The maximum Gasteiger partial charge on any atom is 0.191 e. The van der Waals surface area contributed by atoms with Crippen molar-refractivity contribution in [2.75, 3.05) is 40.4 Å². The van der Waals surface area contributed by atoms with E-state index in [1.807, 2.05) is 18.2 Å². The van der Waals surface area contributed by atoms with E-state index in [4.69, 9.17) is 16.3 Å². The molecule has 6 heteroatoms. The summed E-state index contributed by atoms with van der Waals surface area (Å²) in [6.45, 7) is 9.67. The molecule has 0 spiro atoms. The van der Waals surface area contributed by atoms with Crippen molar-refractivity contribution in [2.24, 2.45) is 4.99 Å². The Morgan fingerprint density at radius 3 is 2.50 bits per heavy atom. The fourth-order valence-electron chi connectivity index (χ4n) is 2.76. The van der Waals surface area contributed by atoms with E-state index < -0.39 is 0 Å². The number of halogens is 1. The number of hydrogen-bond donors (Lipinski definition) is 2. The third kappa shape index (κ3) is 6.30. The quantitative estimate of drug-likeness (QED) is 0.529. The molecule has 2 N–H and O–H groups in total. The van der Waals surface area contributed by atoms with Crippen LogP contribution in [0.4, 0.5) is 0 Å². The highest BCUT2D eigenvalue weighted by Gasteiger charge is 2.20. The Labute approximate surface area is 151 Å². The third-order valence-electron chi connectivity index (χ3n) is 4.00. The van der Waals surface area contributed by atoms with Gasteiger partial charge < -0.3 is 15.4 Å². The third-order valence-corrected chi connectivity index (χ3v) is 4.35. The van der Waals surface area contributed by atoms with Crippen LogP contribution in [-0.4, -0.2) is 57.3 Å². The SMILES string of the molecule is CCN(CC)C(CNC(=NC)NC(C)COC)c1ccccc1Cl. The van der Waals surface area contributed by atoms with Gasteiger partial charge in [0, 0.05) is 31.8 Å². The van der Waals surface area contributed by atoms with E-state index in [0.29, 0.717) is 6.61 Å². The van der Waals surface area contributed by atoms with Crippen LogP contribution < -0.4 is 10.6 Å². The van der Waals surface area contributed by atoms with E-state index in [2.05, 4.69) is 47.4 Å². The molecule has 0 radical (unpaired) electrons. The Balaban J connectivity index is 2.84. The first-order chi connectivity index (χ1) is 11.6. The van der Waals surface area contributed by atoms with Crippen LogP contribution in [0.3, 0.4) is 0 Å². The maximum absolute atomic E-state index is 6.43. The number of rotatable bonds is 9. The fraction of sp³-hybridized carbons (Fsp3) is 0.611. The van der Waals surface area contributed by atoms with Gasteiger partial charge in [-0.1, -0.05) is 43.6 Å². The zero-order valence-electron chi connectivity index (χ0n) is 15.5. The molecule has 24 heavy (non-hydrogen) atoms. The molecule has 0 aliphatic heterocycles. The van der Waals surface area contributed by atoms with E-state index in [9.17, 15) is 0 Å². The smallest absolute Gasteiger partial charge is 0.191 e. The summed E-state index contributed by atoms with van der Waals surface area (Å²) in [6, 6.07) is 8.41. The fourth-order valence-corrected chi connectivity index (χ4v) is 3.02. The monoisotopic (exact) mass is 354 g/mol. The van der Waals surface area contributed by atoms with Crippen LogP contribution in [0.25, 0.3) is 0 Å². The summed E-state index contributed by atoms with van der Waals surface area (Å²) >= 11 is 6.43. The molecule has 0 aromatic heterocycles. The molecule has 5 nitrogen and oxygen atoms in total. The Morgan fingerprint density at radius 2 is 1.96 bits per heavy atom. The molecule has 0 saturated carbocycles. The zero-order valence-corrected chi connectivity index (χ0v) is 16.2. The Hall–Kier alpha value is -1.30. The first kappa shape index (κ1) is 20.7. The highest BCUT2D eigenvalue weighted by Crippen LogP contribution is 2.26. The molecule has 0 heterocycles. The second-order valence-corrected chi connectivity index (χ2v) is 6.12. The van der Waals surface area contributed by atoms with E-state index in [1.165, 1.54) is 0 Å². The number of ether oxygens (including phenoxy) is 1. The first-order valence-electron chi connectivity index (χ1n) is 8.51. The highest BCUT2D eigenvalue weighted by atomic mass is 35.5. The van der Waals surface area contributed by atoms with E-state index in [0.717, 1.165) is 36.2 Å². The van der Waals surface area contributed by atoms with Gasteiger partial charge in [-0.15, -0.1) is 0 Å².